The molecule has 0 aromatic carbocycles. The van der Waals surface area contributed by atoms with Crippen LogP contribution < -0.4 is 5.32 Å². The van der Waals surface area contributed by atoms with Gasteiger partial charge in [-0.15, -0.1) is 0 Å². The number of rotatable bonds is 5. The molecule has 2 heterocycles. The molecule has 1 fully saturated rings. The molecule has 1 aliphatic heterocycles. The molecule has 2 rings (SSSR count). The van der Waals surface area contributed by atoms with E-state index in [2.05, 4.69) is 68.2 Å². The fourth-order valence-electron chi connectivity index (χ4n) is 4.11. The van der Waals surface area contributed by atoms with E-state index in [-0.39, 0.29) is 11.5 Å². The van der Waals surface area contributed by atoms with Crippen molar-refractivity contribution in [1.82, 2.24) is 20.0 Å². The molecule has 1 aromatic rings. The summed E-state index contributed by atoms with van der Waals surface area (Å²) < 4.78 is 8.02. The molecule has 0 aliphatic carbocycles. The van der Waals surface area contributed by atoms with Crippen molar-refractivity contribution < 1.29 is 4.74 Å². The van der Waals surface area contributed by atoms with Gasteiger partial charge < -0.3 is 15.0 Å². The first-order chi connectivity index (χ1) is 12.6. The van der Waals surface area contributed by atoms with E-state index in [9.17, 15) is 0 Å². The quantitative estimate of drug-likeness (QED) is 0.631. The first kappa shape index (κ1) is 21.7. The minimum absolute atomic E-state index is 0.157. The molecule has 0 spiro atoms. The molecule has 1 saturated heterocycles. The Hall–Kier alpha value is -1.56. The minimum atomic E-state index is 0.157. The average Bonchev–Trinajstić information content (AvgIpc) is 2.95. The van der Waals surface area contributed by atoms with Crippen LogP contribution in [0.5, 0.6) is 0 Å². The van der Waals surface area contributed by atoms with Crippen LogP contribution in [0, 0.1) is 11.3 Å². The lowest BCUT2D eigenvalue weighted by molar-refractivity contribution is -0.0836. The monoisotopic (exact) mass is 377 g/mol. The van der Waals surface area contributed by atoms with E-state index in [0.717, 1.165) is 37.8 Å². The summed E-state index contributed by atoms with van der Waals surface area (Å²) >= 11 is 0. The summed E-state index contributed by atoms with van der Waals surface area (Å²) in [7, 11) is 5.92. The zero-order chi connectivity index (χ0) is 20.2. The lowest BCUT2D eigenvalue weighted by atomic mass is 9.78. The lowest BCUT2D eigenvalue weighted by Crippen LogP contribution is -2.47. The van der Waals surface area contributed by atoms with Crippen LogP contribution in [0.1, 0.15) is 64.6 Å². The van der Waals surface area contributed by atoms with Gasteiger partial charge in [-0.3, -0.25) is 9.67 Å². The van der Waals surface area contributed by atoms with Crippen molar-refractivity contribution in [2.75, 3.05) is 27.2 Å². The number of nitrogens with one attached hydrogen (secondary N) is 1. The van der Waals surface area contributed by atoms with Gasteiger partial charge in [-0.2, -0.15) is 5.10 Å². The summed E-state index contributed by atoms with van der Waals surface area (Å²) in [5.74, 6) is 1.84. The summed E-state index contributed by atoms with van der Waals surface area (Å²) in [4.78, 5) is 6.68. The van der Waals surface area contributed by atoms with Crippen LogP contribution >= 0.6 is 0 Å². The van der Waals surface area contributed by atoms with E-state index in [1.165, 1.54) is 12.0 Å². The molecule has 0 radical (unpaired) electrons. The van der Waals surface area contributed by atoms with Gasteiger partial charge in [0.15, 0.2) is 5.96 Å². The van der Waals surface area contributed by atoms with Crippen LogP contribution in [0.2, 0.25) is 0 Å². The molecule has 6 nitrogen and oxygen atoms in total. The minimum Gasteiger partial charge on any atom is -0.377 e. The second kappa shape index (κ2) is 9.09. The smallest absolute Gasteiger partial charge is 0.193 e. The van der Waals surface area contributed by atoms with E-state index >= 15 is 0 Å². The van der Waals surface area contributed by atoms with Gasteiger partial charge in [-0.1, -0.05) is 34.6 Å². The van der Waals surface area contributed by atoms with E-state index in [1.54, 1.807) is 0 Å². The number of aromatic nitrogens is 2. The van der Waals surface area contributed by atoms with Crippen molar-refractivity contribution in [3.05, 3.63) is 17.5 Å². The third kappa shape index (κ3) is 5.71. The van der Waals surface area contributed by atoms with Crippen LogP contribution in [0.15, 0.2) is 11.2 Å². The highest BCUT2D eigenvalue weighted by Gasteiger charge is 2.35. The second-order valence-electron chi connectivity index (χ2n) is 9.21. The van der Waals surface area contributed by atoms with E-state index < -0.39 is 0 Å². The lowest BCUT2D eigenvalue weighted by Gasteiger charge is -2.40. The van der Waals surface area contributed by atoms with Gasteiger partial charge in [0.05, 0.1) is 11.8 Å². The van der Waals surface area contributed by atoms with Crippen LogP contribution in [-0.2, 0) is 18.3 Å². The third-order valence-electron chi connectivity index (χ3n) is 5.29. The highest BCUT2D eigenvalue weighted by atomic mass is 16.5. The van der Waals surface area contributed by atoms with Crippen molar-refractivity contribution in [1.29, 1.82) is 0 Å². The van der Waals surface area contributed by atoms with Crippen molar-refractivity contribution >= 4 is 5.96 Å². The van der Waals surface area contributed by atoms with Gasteiger partial charge in [-0.25, -0.2) is 0 Å². The Bertz CT molecular complexity index is 629. The zero-order valence-electron chi connectivity index (χ0n) is 18.5. The maximum absolute atomic E-state index is 6.12. The molecule has 27 heavy (non-hydrogen) atoms. The number of nitrogens with zero attached hydrogens (tertiary/aromatic N) is 4. The maximum Gasteiger partial charge on any atom is 0.193 e. The Balaban J connectivity index is 2.00. The molecule has 0 saturated carbocycles. The molecule has 0 amide bonds. The first-order valence-corrected chi connectivity index (χ1v) is 10.2. The molecule has 2 atom stereocenters. The molecule has 2 unspecified atom stereocenters. The van der Waals surface area contributed by atoms with Gasteiger partial charge in [0, 0.05) is 58.5 Å². The molecule has 6 heteroatoms. The summed E-state index contributed by atoms with van der Waals surface area (Å²) in [5.41, 5.74) is 2.57. The van der Waals surface area contributed by atoms with Gasteiger partial charge in [0.2, 0.25) is 0 Å². The molecule has 1 aliphatic rings. The fraction of sp³-hybridized carbons (Fsp3) is 0.810. The van der Waals surface area contributed by atoms with Crippen LogP contribution in [0.3, 0.4) is 0 Å². The normalized spacial score (nSPS) is 21.6. The van der Waals surface area contributed by atoms with Crippen molar-refractivity contribution in [2.45, 2.75) is 66.0 Å². The zero-order valence-corrected chi connectivity index (χ0v) is 18.5. The summed E-state index contributed by atoms with van der Waals surface area (Å²) in [6.45, 7) is 13.8. The molecule has 1 aromatic heterocycles. The number of hydrogen-bond acceptors (Lipinski definition) is 3. The SMILES string of the molecule is CN=C(NCC1CCCOC1C(C)(C)C)N(C)Cc1cn(C)nc1C(C)C. The Morgan fingerprint density at radius 3 is 2.74 bits per heavy atom. The number of hydrogen-bond donors (Lipinski definition) is 1. The van der Waals surface area contributed by atoms with Gasteiger partial charge in [0.1, 0.15) is 0 Å². The number of ether oxygens (including phenoxy) is 1. The topological polar surface area (TPSA) is 54.7 Å². The standard InChI is InChI=1S/C21H39N5O/c1-15(2)18-17(14-26(8)24-18)13-25(7)20(22-6)23-12-16-10-9-11-27-19(16)21(3,4)5/h14-16,19H,9-13H2,1-8H3,(H,22,23). The van der Waals surface area contributed by atoms with Crippen molar-refractivity contribution in [3.63, 3.8) is 0 Å². The van der Waals surface area contributed by atoms with E-state index in [1.807, 2.05) is 18.8 Å². The average molecular weight is 378 g/mol. The third-order valence-corrected chi connectivity index (χ3v) is 5.29. The molecular formula is C21H39N5O. The van der Waals surface area contributed by atoms with Crippen LogP contribution in [0.4, 0.5) is 0 Å². The molecule has 0 bridgehead atoms. The summed E-state index contributed by atoms with van der Waals surface area (Å²) in [6.07, 6.45) is 4.74. The predicted molar refractivity (Wildman–Crippen MR) is 112 cm³/mol. The largest absolute Gasteiger partial charge is 0.377 e. The Morgan fingerprint density at radius 1 is 1.44 bits per heavy atom. The maximum atomic E-state index is 6.12. The van der Waals surface area contributed by atoms with Gasteiger partial charge in [-0.05, 0) is 24.2 Å². The first-order valence-electron chi connectivity index (χ1n) is 10.2. The predicted octanol–water partition coefficient (Wildman–Crippen LogP) is 3.39. The van der Waals surface area contributed by atoms with Gasteiger partial charge in [0.25, 0.3) is 0 Å². The number of guanidine groups is 1. The fourth-order valence-corrected chi connectivity index (χ4v) is 4.11. The van der Waals surface area contributed by atoms with E-state index in [4.69, 9.17) is 4.74 Å². The highest BCUT2D eigenvalue weighted by Crippen LogP contribution is 2.33. The second-order valence-corrected chi connectivity index (χ2v) is 9.21. The molecule has 154 valence electrons. The van der Waals surface area contributed by atoms with Crippen LogP contribution in [-0.4, -0.2) is 54.0 Å². The number of aryl methyl sites for hydroxylation is 1. The molecule has 1 N–H and O–H groups in total. The summed E-state index contributed by atoms with van der Waals surface area (Å²) in [5, 5.41) is 8.20. The number of aliphatic imine (C=N–C) groups is 1. The Morgan fingerprint density at radius 2 is 2.15 bits per heavy atom. The summed E-state index contributed by atoms with van der Waals surface area (Å²) in [6, 6.07) is 0. The molecular weight excluding hydrogens is 338 g/mol. The van der Waals surface area contributed by atoms with Crippen LogP contribution in [0.25, 0.3) is 0 Å². The Kier molecular flexibility index (Phi) is 7.32. The highest BCUT2D eigenvalue weighted by molar-refractivity contribution is 5.79. The Labute approximate surface area is 165 Å². The van der Waals surface area contributed by atoms with Crippen molar-refractivity contribution in [3.8, 4) is 0 Å². The van der Waals surface area contributed by atoms with Gasteiger partial charge >= 0.3 is 0 Å². The van der Waals surface area contributed by atoms with E-state index in [0.29, 0.717) is 11.8 Å². The van der Waals surface area contributed by atoms with Crippen molar-refractivity contribution in [2.24, 2.45) is 23.4 Å².